The van der Waals surface area contributed by atoms with Crippen molar-refractivity contribution in [2.24, 2.45) is 11.5 Å². The second-order valence-electron chi connectivity index (χ2n) is 3.64. The Morgan fingerprint density at radius 2 is 2.43 bits per heavy atom. The Kier molecular flexibility index (Phi) is 4.31. The number of ether oxygens (including phenoxy) is 1. The smallest absolute Gasteiger partial charge is 0.235 e. The van der Waals surface area contributed by atoms with Gasteiger partial charge in [-0.05, 0) is 6.42 Å². The van der Waals surface area contributed by atoms with Crippen molar-refractivity contribution in [2.45, 2.75) is 25.4 Å². The Morgan fingerprint density at radius 1 is 1.71 bits per heavy atom. The first-order valence-electron chi connectivity index (χ1n) is 5.01. The molecular formula is C9H19N3O2. The Bertz CT molecular complexity index is 198. The third-order valence-corrected chi connectivity index (χ3v) is 2.62. The Hall–Kier alpha value is -0.650. The topological polar surface area (TPSA) is 81.6 Å². The van der Waals surface area contributed by atoms with Gasteiger partial charge in [0.05, 0.1) is 19.3 Å². The van der Waals surface area contributed by atoms with E-state index in [0.717, 1.165) is 19.6 Å². The van der Waals surface area contributed by atoms with Gasteiger partial charge in [-0.25, -0.2) is 0 Å². The molecule has 4 N–H and O–H groups in total. The van der Waals surface area contributed by atoms with Gasteiger partial charge < -0.3 is 16.2 Å². The number of carbonyl (C=O) groups excluding carboxylic acids is 1. The van der Waals surface area contributed by atoms with Crippen LogP contribution in [0.1, 0.15) is 13.3 Å². The van der Waals surface area contributed by atoms with Crippen molar-refractivity contribution < 1.29 is 9.53 Å². The summed E-state index contributed by atoms with van der Waals surface area (Å²) in [5.74, 6) is -0.439. The Balaban J connectivity index is 2.44. The molecule has 1 rings (SSSR count). The van der Waals surface area contributed by atoms with Crippen LogP contribution in [0, 0.1) is 0 Å². The maximum absolute atomic E-state index is 10.8. The van der Waals surface area contributed by atoms with Gasteiger partial charge >= 0.3 is 0 Å². The number of rotatable bonds is 4. The molecule has 2 atom stereocenters. The minimum atomic E-state index is -0.567. The zero-order valence-electron chi connectivity index (χ0n) is 8.61. The summed E-state index contributed by atoms with van der Waals surface area (Å²) in [5.41, 5.74) is 10.7. The number of hydrogen-bond acceptors (Lipinski definition) is 4. The molecule has 0 radical (unpaired) electrons. The molecule has 1 amide bonds. The first-order chi connectivity index (χ1) is 6.65. The molecule has 0 saturated carbocycles. The molecule has 14 heavy (non-hydrogen) atoms. The molecule has 0 aromatic rings. The fourth-order valence-electron chi connectivity index (χ4n) is 1.65. The van der Waals surface area contributed by atoms with E-state index in [2.05, 4.69) is 11.8 Å². The Morgan fingerprint density at radius 3 is 3.00 bits per heavy atom. The molecule has 0 aromatic carbocycles. The van der Waals surface area contributed by atoms with Crippen LogP contribution in [0.4, 0.5) is 0 Å². The highest BCUT2D eigenvalue weighted by atomic mass is 16.5. The molecule has 1 saturated heterocycles. The lowest BCUT2D eigenvalue weighted by Gasteiger charge is -2.35. The predicted molar refractivity (Wildman–Crippen MR) is 53.6 cm³/mol. The van der Waals surface area contributed by atoms with E-state index < -0.39 is 11.9 Å². The van der Waals surface area contributed by atoms with E-state index in [1.165, 1.54) is 0 Å². The van der Waals surface area contributed by atoms with Gasteiger partial charge in [-0.3, -0.25) is 9.69 Å². The lowest BCUT2D eigenvalue weighted by molar-refractivity contribution is -0.120. The third-order valence-electron chi connectivity index (χ3n) is 2.62. The fraction of sp³-hybridized carbons (Fsp3) is 0.889. The van der Waals surface area contributed by atoms with E-state index in [9.17, 15) is 4.79 Å². The minimum absolute atomic E-state index is 0.370. The quantitative estimate of drug-likeness (QED) is 0.605. The van der Waals surface area contributed by atoms with Gasteiger partial charge in [0, 0.05) is 19.1 Å². The first kappa shape index (κ1) is 11.4. The van der Waals surface area contributed by atoms with Crippen LogP contribution >= 0.6 is 0 Å². The van der Waals surface area contributed by atoms with Crippen molar-refractivity contribution in [3.63, 3.8) is 0 Å². The van der Waals surface area contributed by atoms with E-state index in [1.54, 1.807) is 0 Å². The van der Waals surface area contributed by atoms with Gasteiger partial charge in [0.15, 0.2) is 0 Å². The minimum Gasteiger partial charge on any atom is -0.378 e. The van der Waals surface area contributed by atoms with Gasteiger partial charge in [0.25, 0.3) is 0 Å². The summed E-state index contributed by atoms with van der Waals surface area (Å²) >= 11 is 0. The summed E-state index contributed by atoms with van der Waals surface area (Å²) in [6.07, 6.45) is 1.01. The molecule has 0 spiro atoms. The Labute approximate surface area is 84.4 Å². The molecule has 2 unspecified atom stereocenters. The zero-order valence-corrected chi connectivity index (χ0v) is 8.61. The summed E-state index contributed by atoms with van der Waals surface area (Å²) in [7, 11) is 0. The average Bonchev–Trinajstić information content (AvgIpc) is 2.18. The molecule has 1 fully saturated rings. The molecule has 0 bridgehead atoms. The maximum Gasteiger partial charge on any atom is 0.235 e. The lowest BCUT2D eigenvalue weighted by Crippen LogP contribution is -2.53. The fourth-order valence-corrected chi connectivity index (χ4v) is 1.65. The monoisotopic (exact) mass is 201 g/mol. The lowest BCUT2D eigenvalue weighted by atomic mass is 10.1. The standard InChI is InChI=1S/C9H19N3O2/c1-2-7-6-14-4-3-12(7)5-8(10)9(11)13/h7-8H,2-6,10H2,1H3,(H2,11,13). The van der Waals surface area contributed by atoms with Crippen molar-refractivity contribution in [2.75, 3.05) is 26.3 Å². The molecule has 1 heterocycles. The average molecular weight is 201 g/mol. The number of morpholine rings is 1. The van der Waals surface area contributed by atoms with Gasteiger partial charge in [-0.1, -0.05) is 6.92 Å². The number of amides is 1. The number of nitrogens with two attached hydrogens (primary N) is 2. The van der Waals surface area contributed by atoms with Crippen LogP contribution in [0.5, 0.6) is 0 Å². The molecule has 5 nitrogen and oxygen atoms in total. The number of nitrogens with zero attached hydrogens (tertiary/aromatic N) is 1. The second-order valence-corrected chi connectivity index (χ2v) is 3.64. The van der Waals surface area contributed by atoms with Gasteiger partial charge in [-0.15, -0.1) is 0 Å². The third kappa shape index (κ3) is 2.94. The molecule has 82 valence electrons. The van der Waals surface area contributed by atoms with Crippen molar-refractivity contribution >= 4 is 5.91 Å². The second kappa shape index (κ2) is 5.29. The van der Waals surface area contributed by atoms with Gasteiger partial charge in [-0.2, -0.15) is 0 Å². The van der Waals surface area contributed by atoms with E-state index in [-0.39, 0.29) is 0 Å². The van der Waals surface area contributed by atoms with Crippen molar-refractivity contribution in [1.82, 2.24) is 4.90 Å². The highest BCUT2D eigenvalue weighted by molar-refractivity contribution is 5.79. The predicted octanol–water partition coefficient (Wildman–Crippen LogP) is -1.09. The SMILES string of the molecule is CCC1COCCN1CC(N)C(N)=O. The van der Waals surface area contributed by atoms with Gasteiger partial charge in [0.1, 0.15) is 0 Å². The van der Waals surface area contributed by atoms with Crippen molar-refractivity contribution in [1.29, 1.82) is 0 Å². The van der Waals surface area contributed by atoms with Crippen LogP contribution in [0.25, 0.3) is 0 Å². The molecule has 1 aliphatic rings. The zero-order chi connectivity index (χ0) is 10.6. The number of hydrogen-bond donors (Lipinski definition) is 2. The first-order valence-corrected chi connectivity index (χ1v) is 5.01. The highest BCUT2D eigenvalue weighted by Gasteiger charge is 2.24. The highest BCUT2D eigenvalue weighted by Crippen LogP contribution is 2.09. The molecular weight excluding hydrogens is 182 g/mol. The summed E-state index contributed by atoms with van der Waals surface area (Å²) < 4.78 is 5.35. The maximum atomic E-state index is 10.8. The summed E-state index contributed by atoms with van der Waals surface area (Å²) in [6.45, 7) is 4.91. The van der Waals surface area contributed by atoms with Crippen LogP contribution in [-0.2, 0) is 9.53 Å². The van der Waals surface area contributed by atoms with Crippen LogP contribution in [0.2, 0.25) is 0 Å². The van der Waals surface area contributed by atoms with Gasteiger partial charge in [0.2, 0.25) is 5.91 Å². The van der Waals surface area contributed by atoms with E-state index >= 15 is 0 Å². The van der Waals surface area contributed by atoms with E-state index in [0.29, 0.717) is 19.2 Å². The van der Waals surface area contributed by atoms with Crippen molar-refractivity contribution in [3.8, 4) is 0 Å². The van der Waals surface area contributed by atoms with E-state index in [1.807, 2.05) is 0 Å². The molecule has 5 heteroatoms. The largest absolute Gasteiger partial charge is 0.378 e. The van der Waals surface area contributed by atoms with Crippen molar-refractivity contribution in [3.05, 3.63) is 0 Å². The molecule has 0 aliphatic carbocycles. The number of carbonyl (C=O) groups is 1. The van der Waals surface area contributed by atoms with Crippen LogP contribution in [-0.4, -0.2) is 49.2 Å². The summed E-state index contributed by atoms with van der Waals surface area (Å²) in [5, 5.41) is 0. The van der Waals surface area contributed by atoms with Crippen LogP contribution < -0.4 is 11.5 Å². The normalized spacial score (nSPS) is 26.0. The van der Waals surface area contributed by atoms with Crippen LogP contribution in [0.15, 0.2) is 0 Å². The van der Waals surface area contributed by atoms with E-state index in [4.69, 9.17) is 16.2 Å². The summed E-state index contributed by atoms with van der Waals surface area (Å²) in [4.78, 5) is 13.0. The summed E-state index contributed by atoms with van der Waals surface area (Å²) in [6, 6.07) is -0.198. The number of primary amides is 1. The molecule has 0 aromatic heterocycles. The molecule has 1 aliphatic heterocycles. The van der Waals surface area contributed by atoms with Crippen LogP contribution in [0.3, 0.4) is 0 Å².